The van der Waals surface area contributed by atoms with Gasteiger partial charge in [-0.25, -0.2) is 4.98 Å². The van der Waals surface area contributed by atoms with Gasteiger partial charge in [0.05, 0.1) is 39.3 Å². The van der Waals surface area contributed by atoms with Crippen LogP contribution in [0.3, 0.4) is 0 Å². The summed E-state index contributed by atoms with van der Waals surface area (Å²) in [4.78, 5) is 5.19. The van der Waals surface area contributed by atoms with Crippen molar-refractivity contribution in [2.75, 3.05) is 0 Å². The molecule has 3 aromatic heterocycles. The Morgan fingerprint density at radius 3 is 1.56 bits per heavy atom. The monoisotopic (exact) mass is 664 g/mol. The third-order valence-electron chi connectivity index (χ3n) is 10.4. The number of rotatable bonds is 5. The molecule has 0 N–H and O–H groups in total. The molecule has 0 saturated heterocycles. The van der Waals surface area contributed by atoms with Gasteiger partial charge in [0.2, 0.25) is 0 Å². The summed E-state index contributed by atoms with van der Waals surface area (Å²) in [5, 5.41) is 14.8. The fourth-order valence-corrected chi connectivity index (χ4v) is 8.09. The molecule has 0 unspecified atom stereocenters. The fraction of sp³-hybridized carbons (Fsp3) is 0.0417. The maximum absolute atomic E-state index is 11.3. The van der Waals surface area contributed by atoms with Crippen LogP contribution in [0, 0.1) is 11.3 Å². The number of nitrogens with zero attached hydrogens (tertiary/aromatic N) is 4. The van der Waals surface area contributed by atoms with Gasteiger partial charge in [-0.2, -0.15) is 5.26 Å². The maximum atomic E-state index is 11.3. The molecule has 10 rings (SSSR count). The Morgan fingerprint density at radius 1 is 0.500 bits per heavy atom. The van der Waals surface area contributed by atoms with Crippen molar-refractivity contribution in [1.82, 2.24) is 14.1 Å². The van der Waals surface area contributed by atoms with E-state index in [4.69, 9.17) is 4.98 Å². The highest BCUT2D eigenvalue weighted by molar-refractivity contribution is 6.09. The van der Waals surface area contributed by atoms with Crippen LogP contribution in [0.15, 0.2) is 164 Å². The van der Waals surface area contributed by atoms with Gasteiger partial charge in [0.1, 0.15) is 11.6 Å². The zero-order valence-electron chi connectivity index (χ0n) is 28.4. The molecule has 0 atom stereocenters. The van der Waals surface area contributed by atoms with E-state index >= 15 is 0 Å². The van der Waals surface area contributed by atoms with Crippen LogP contribution < -0.4 is 0 Å². The molecular formula is C48H32N4. The highest BCUT2D eigenvalue weighted by Crippen LogP contribution is 2.41. The van der Waals surface area contributed by atoms with Gasteiger partial charge in [-0.15, -0.1) is 0 Å². The summed E-state index contributed by atoms with van der Waals surface area (Å²) in [6.45, 7) is 0. The van der Waals surface area contributed by atoms with Crippen LogP contribution in [0.1, 0.15) is 23.2 Å². The average Bonchev–Trinajstić information content (AvgIpc) is 3.74. The first kappa shape index (κ1) is 29.9. The molecular weight excluding hydrogens is 633 g/mol. The van der Waals surface area contributed by atoms with Gasteiger partial charge < -0.3 is 9.13 Å². The van der Waals surface area contributed by atoms with Crippen molar-refractivity contribution >= 4 is 38.8 Å². The van der Waals surface area contributed by atoms with Crippen LogP contribution in [0.4, 0.5) is 0 Å². The number of hydrogen-bond donors (Lipinski definition) is 0. The molecule has 6 aromatic carbocycles. The number of aryl methyl sites for hydroxylation is 1. The predicted octanol–water partition coefficient (Wildman–Crippen LogP) is 12.0. The summed E-state index contributed by atoms with van der Waals surface area (Å²) in [6, 6.07) is 57.8. The second-order valence-electron chi connectivity index (χ2n) is 13.4. The van der Waals surface area contributed by atoms with E-state index in [2.05, 4.69) is 173 Å². The number of benzene rings is 6. The van der Waals surface area contributed by atoms with Gasteiger partial charge in [0.25, 0.3) is 0 Å². The molecule has 0 spiro atoms. The number of pyridine rings is 1. The van der Waals surface area contributed by atoms with E-state index in [0.717, 1.165) is 90.9 Å². The van der Waals surface area contributed by atoms with Crippen molar-refractivity contribution in [3.8, 4) is 51.1 Å². The second-order valence-corrected chi connectivity index (χ2v) is 13.4. The molecule has 3 heterocycles. The third-order valence-corrected chi connectivity index (χ3v) is 10.4. The first-order valence-electron chi connectivity index (χ1n) is 17.8. The van der Waals surface area contributed by atoms with E-state index in [1.54, 1.807) is 0 Å². The van der Waals surface area contributed by atoms with Crippen LogP contribution in [-0.4, -0.2) is 14.1 Å². The molecule has 4 nitrogen and oxygen atoms in total. The lowest BCUT2D eigenvalue weighted by Crippen LogP contribution is -2.07. The first-order chi connectivity index (χ1) is 25.8. The normalized spacial score (nSPS) is 12.4. The Hall–Kier alpha value is -6.96. The van der Waals surface area contributed by atoms with Crippen molar-refractivity contribution in [1.29, 1.82) is 5.26 Å². The van der Waals surface area contributed by atoms with Crippen LogP contribution in [0.25, 0.3) is 83.8 Å². The number of aromatic nitrogens is 3. The van der Waals surface area contributed by atoms with E-state index in [1.807, 2.05) is 12.1 Å². The molecule has 0 amide bonds. The zero-order valence-corrected chi connectivity index (χ0v) is 28.4. The highest BCUT2D eigenvalue weighted by Gasteiger charge is 2.25. The molecule has 0 bridgehead atoms. The van der Waals surface area contributed by atoms with Gasteiger partial charge in [0, 0.05) is 33.0 Å². The Morgan fingerprint density at radius 2 is 0.981 bits per heavy atom. The van der Waals surface area contributed by atoms with Crippen molar-refractivity contribution in [2.24, 2.45) is 0 Å². The fourth-order valence-electron chi connectivity index (χ4n) is 8.09. The van der Waals surface area contributed by atoms with Gasteiger partial charge in [0.15, 0.2) is 0 Å². The van der Waals surface area contributed by atoms with Gasteiger partial charge in [-0.1, -0.05) is 121 Å². The van der Waals surface area contributed by atoms with E-state index in [9.17, 15) is 5.26 Å². The van der Waals surface area contributed by atoms with Gasteiger partial charge >= 0.3 is 0 Å². The van der Waals surface area contributed by atoms with E-state index in [1.165, 1.54) is 10.9 Å². The Balaban J connectivity index is 1.34. The summed E-state index contributed by atoms with van der Waals surface area (Å²) in [7, 11) is 0. The highest BCUT2D eigenvalue weighted by atomic mass is 15.0. The predicted molar refractivity (Wildman–Crippen MR) is 214 cm³/mol. The minimum atomic E-state index is 0.624. The number of hydrogen-bond acceptors (Lipinski definition) is 2. The second kappa shape index (κ2) is 12.1. The van der Waals surface area contributed by atoms with E-state index in [-0.39, 0.29) is 0 Å². The van der Waals surface area contributed by atoms with E-state index in [0.29, 0.717) is 5.56 Å². The summed E-state index contributed by atoms with van der Waals surface area (Å²) >= 11 is 0. The lowest BCUT2D eigenvalue weighted by Gasteiger charge is -2.20. The molecule has 0 aliphatic heterocycles. The molecule has 0 radical (unpaired) electrons. The van der Waals surface area contributed by atoms with Crippen molar-refractivity contribution in [3.63, 3.8) is 0 Å². The number of fused-ring (bicyclic) bond motifs is 6. The molecule has 4 heteroatoms. The maximum Gasteiger partial charge on any atom is 0.104 e. The lowest BCUT2D eigenvalue weighted by molar-refractivity contribution is 0.965. The van der Waals surface area contributed by atoms with Crippen molar-refractivity contribution in [3.05, 3.63) is 181 Å². The van der Waals surface area contributed by atoms with Gasteiger partial charge in [-0.3, -0.25) is 0 Å². The summed E-state index contributed by atoms with van der Waals surface area (Å²) < 4.78 is 4.60. The van der Waals surface area contributed by atoms with Crippen molar-refractivity contribution in [2.45, 2.75) is 12.8 Å². The number of nitriles is 1. The minimum absolute atomic E-state index is 0.624. The molecule has 52 heavy (non-hydrogen) atoms. The first-order valence-corrected chi connectivity index (χ1v) is 17.8. The topological polar surface area (TPSA) is 46.5 Å². The van der Waals surface area contributed by atoms with Crippen molar-refractivity contribution < 1.29 is 0 Å². The summed E-state index contributed by atoms with van der Waals surface area (Å²) in [5.74, 6) is 0. The Bertz CT molecular complexity index is 2790. The Labute approximate surface area is 301 Å². The van der Waals surface area contributed by atoms with Crippen LogP contribution in [0.2, 0.25) is 0 Å². The van der Waals surface area contributed by atoms with Crippen LogP contribution >= 0.6 is 0 Å². The number of para-hydroxylation sites is 3. The lowest BCUT2D eigenvalue weighted by atomic mass is 9.96. The quantitative estimate of drug-likeness (QED) is 0.184. The largest absolute Gasteiger partial charge is 0.308 e. The molecule has 0 saturated carbocycles. The smallest absolute Gasteiger partial charge is 0.104 e. The van der Waals surface area contributed by atoms with Crippen LogP contribution in [-0.2, 0) is 6.42 Å². The Kier molecular flexibility index (Phi) is 6.97. The molecule has 1 aliphatic carbocycles. The van der Waals surface area contributed by atoms with Gasteiger partial charge in [-0.05, 0) is 78.1 Å². The molecule has 1 aliphatic rings. The van der Waals surface area contributed by atoms with Crippen LogP contribution in [0.5, 0.6) is 0 Å². The molecule has 0 fully saturated rings. The SMILES string of the molecule is N#Cc1c(-n2c3c(c4ccccc42)CCC=C3)cc(-c2cc(-c3ccccc3)nc(-c3ccccc3)c2)cc1-n1c2ccccc2c2ccccc21. The minimum Gasteiger partial charge on any atom is -0.308 e. The van der Waals surface area contributed by atoms with E-state index < -0.39 is 0 Å². The third kappa shape index (κ3) is 4.71. The summed E-state index contributed by atoms with van der Waals surface area (Å²) in [6.07, 6.45) is 6.45. The zero-order chi connectivity index (χ0) is 34.6. The number of allylic oxidation sites excluding steroid dienone is 1. The standard InChI is InChI=1S/C48H32N4/c49-31-40-47(51-43-23-11-7-19-36(43)37-20-8-12-24-44(37)51)29-35(30-48(40)52-45-25-13-9-21-38(45)39-22-10-14-26-46(39)52)34-27-41(32-15-3-1-4-16-32)50-42(28-34)33-17-5-2-6-18-33/h1-9,11-21,23-30H,10,22H2. The average molecular weight is 665 g/mol. The molecule has 9 aromatic rings. The molecule has 244 valence electrons. The summed E-state index contributed by atoms with van der Waals surface area (Å²) in [5.41, 5.74) is 14.0.